The van der Waals surface area contributed by atoms with Gasteiger partial charge < -0.3 is 15.0 Å². The summed E-state index contributed by atoms with van der Waals surface area (Å²) in [6.45, 7) is 6.34. The van der Waals surface area contributed by atoms with E-state index in [0.717, 1.165) is 41.3 Å². The standard InChI is InChI=1S/C25H31BrN2O2/c1-2-30-24-10-9-23(26)19-22(24)8-11-25(29)27-14-17-28-15-12-21(13-16-28)18-20-6-4-3-5-7-20/h3-11,19,21H,2,12-18H2,1H3,(H,27,29)/b11-8+. The van der Waals surface area contributed by atoms with E-state index < -0.39 is 0 Å². The zero-order chi connectivity index (χ0) is 21.2. The third kappa shape index (κ3) is 7.29. The number of hydrogen-bond acceptors (Lipinski definition) is 3. The second-order valence-electron chi connectivity index (χ2n) is 7.71. The van der Waals surface area contributed by atoms with Crippen LogP contribution in [-0.2, 0) is 11.2 Å². The molecule has 4 nitrogen and oxygen atoms in total. The van der Waals surface area contributed by atoms with E-state index in [-0.39, 0.29) is 5.91 Å². The summed E-state index contributed by atoms with van der Waals surface area (Å²) in [5, 5.41) is 3.00. The summed E-state index contributed by atoms with van der Waals surface area (Å²) in [6.07, 6.45) is 7.02. The number of nitrogens with zero attached hydrogens (tertiary/aromatic N) is 1. The summed E-state index contributed by atoms with van der Waals surface area (Å²) in [5.74, 6) is 1.48. The largest absolute Gasteiger partial charge is 0.493 e. The van der Waals surface area contributed by atoms with Crippen LogP contribution in [0.4, 0.5) is 0 Å². The molecule has 1 aliphatic heterocycles. The van der Waals surface area contributed by atoms with Crippen molar-refractivity contribution in [2.45, 2.75) is 26.2 Å². The minimum atomic E-state index is -0.0728. The van der Waals surface area contributed by atoms with Gasteiger partial charge in [-0.05, 0) is 75.0 Å². The van der Waals surface area contributed by atoms with Gasteiger partial charge in [-0.15, -0.1) is 0 Å². The second kappa shape index (κ2) is 11.9. The van der Waals surface area contributed by atoms with Gasteiger partial charge in [0, 0.05) is 29.2 Å². The number of carbonyl (C=O) groups excluding carboxylic acids is 1. The van der Waals surface area contributed by atoms with Crippen LogP contribution >= 0.6 is 15.9 Å². The molecule has 30 heavy (non-hydrogen) atoms. The molecule has 0 unspecified atom stereocenters. The highest BCUT2D eigenvalue weighted by molar-refractivity contribution is 9.10. The lowest BCUT2D eigenvalue weighted by atomic mass is 9.90. The van der Waals surface area contributed by atoms with Gasteiger partial charge in [0.2, 0.25) is 5.91 Å². The lowest BCUT2D eigenvalue weighted by molar-refractivity contribution is -0.116. The number of amides is 1. The topological polar surface area (TPSA) is 41.6 Å². The number of nitrogens with one attached hydrogen (secondary N) is 1. The highest BCUT2D eigenvalue weighted by Crippen LogP contribution is 2.24. The van der Waals surface area contributed by atoms with Crippen LogP contribution in [0.15, 0.2) is 59.1 Å². The molecule has 0 aromatic heterocycles. The van der Waals surface area contributed by atoms with Crippen LogP contribution in [-0.4, -0.2) is 43.6 Å². The summed E-state index contributed by atoms with van der Waals surface area (Å²) < 4.78 is 6.58. The smallest absolute Gasteiger partial charge is 0.244 e. The number of hydrogen-bond donors (Lipinski definition) is 1. The normalized spacial score (nSPS) is 15.4. The molecular formula is C25H31BrN2O2. The molecule has 1 amide bonds. The van der Waals surface area contributed by atoms with Gasteiger partial charge in [-0.3, -0.25) is 4.79 Å². The second-order valence-corrected chi connectivity index (χ2v) is 8.63. The molecule has 0 aliphatic carbocycles. The van der Waals surface area contributed by atoms with Gasteiger partial charge >= 0.3 is 0 Å². The van der Waals surface area contributed by atoms with E-state index >= 15 is 0 Å². The van der Waals surface area contributed by atoms with Crippen LogP contribution in [0, 0.1) is 5.92 Å². The first-order valence-electron chi connectivity index (χ1n) is 10.8. The van der Waals surface area contributed by atoms with Crippen molar-refractivity contribution in [2.24, 2.45) is 5.92 Å². The van der Waals surface area contributed by atoms with Gasteiger partial charge in [-0.2, -0.15) is 0 Å². The molecule has 160 valence electrons. The molecule has 0 atom stereocenters. The van der Waals surface area contributed by atoms with Crippen LogP contribution in [0.2, 0.25) is 0 Å². The monoisotopic (exact) mass is 470 g/mol. The van der Waals surface area contributed by atoms with Crippen molar-refractivity contribution in [3.8, 4) is 5.75 Å². The molecule has 2 aromatic carbocycles. The molecule has 1 saturated heterocycles. The van der Waals surface area contributed by atoms with Gasteiger partial charge in [0.15, 0.2) is 0 Å². The molecule has 2 aromatic rings. The van der Waals surface area contributed by atoms with Gasteiger partial charge in [-0.1, -0.05) is 46.3 Å². The maximum Gasteiger partial charge on any atom is 0.244 e. The summed E-state index contributed by atoms with van der Waals surface area (Å²) in [4.78, 5) is 14.6. The SMILES string of the molecule is CCOc1ccc(Br)cc1/C=C/C(=O)NCCN1CCC(Cc2ccccc2)CC1. The van der Waals surface area contributed by atoms with E-state index in [4.69, 9.17) is 4.74 Å². The highest BCUT2D eigenvalue weighted by atomic mass is 79.9. The molecule has 1 N–H and O–H groups in total. The quantitative estimate of drug-likeness (QED) is 0.528. The first-order chi connectivity index (χ1) is 14.6. The molecule has 0 spiro atoms. The van der Waals surface area contributed by atoms with Crippen LogP contribution in [0.25, 0.3) is 6.08 Å². The van der Waals surface area contributed by atoms with Crippen molar-refractivity contribution in [2.75, 3.05) is 32.8 Å². The zero-order valence-corrected chi connectivity index (χ0v) is 19.2. The Hall–Kier alpha value is -2.11. The first-order valence-corrected chi connectivity index (χ1v) is 11.6. The van der Waals surface area contributed by atoms with Crippen molar-refractivity contribution in [3.63, 3.8) is 0 Å². The Bertz CT molecular complexity index is 830. The predicted octanol–water partition coefficient (Wildman–Crippen LogP) is 4.93. The van der Waals surface area contributed by atoms with Crippen molar-refractivity contribution in [3.05, 3.63) is 70.2 Å². The average Bonchev–Trinajstić information content (AvgIpc) is 2.76. The van der Waals surface area contributed by atoms with Gasteiger partial charge in [0.1, 0.15) is 5.75 Å². The predicted molar refractivity (Wildman–Crippen MR) is 127 cm³/mol. The minimum Gasteiger partial charge on any atom is -0.493 e. The van der Waals surface area contributed by atoms with Crippen LogP contribution in [0.1, 0.15) is 30.9 Å². The van der Waals surface area contributed by atoms with Crippen LogP contribution in [0.3, 0.4) is 0 Å². The number of ether oxygens (including phenoxy) is 1. The van der Waals surface area contributed by atoms with E-state index in [1.165, 1.54) is 24.8 Å². The maximum atomic E-state index is 12.2. The molecule has 0 saturated carbocycles. The Kier molecular flexibility index (Phi) is 8.97. The molecule has 3 rings (SSSR count). The molecular weight excluding hydrogens is 440 g/mol. The third-order valence-electron chi connectivity index (χ3n) is 5.49. The summed E-state index contributed by atoms with van der Waals surface area (Å²) in [6, 6.07) is 16.6. The van der Waals surface area contributed by atoms with E-state index in [2.05, 4.69) is 56.5 Å². The molecule has 0 radical (unpaired) electrons. The highest BCUT2D eigenvalue weighted by Gasteiger charge is 2.19. The van der Waals surface area contributed by atoms with Crippen LogP contribution < -0.4 is 10.1 Å². The number of rotatable bonds is 9. The number of likely N-dealkylation sites (tertiary alicyclic amines) is 1. The zero-order valence-electron chi connectivity index (χ0n) is 17.6. The summed E-state index contributed by atoms with van der Waals surface area (Å²) in [7, 11) is 0. The number of carbonyl (C=O) groups is 1. The Morgan fingerprint density at radius 1 is 1.20 bits per heavy atom. The number of benzene rings is 2. The van der Waals surface area contributed by atoms with Gasteiger partial charge in [0.05, 0.1) is 6.61 Å². The van der Waals surface area contributed by atoms with Gasteiger partial charge in [-0.25, -0.2) is 0 Å². The molecule has 1 heterocycles. The van der Waals surface area contributed by atoms with E-state index in [1.54, 1.807) is 12.2 Å². The van der Waals surface area contributed by atoms with E-state index in [1.807, 2.05) is 25.1 Å². The van der Waals surface area contributed by atoms with Crippen LogP contribution in [0.5, 0.6) is 5.75 Å². The Morgan fingerprint density at radius 2 is 1.97 bits per heavy atom. The van der Waals surface area contributed by atoms with E-state index in [0.29, 0.717) is 13.2 Å². The fourth-order valence-corrected chi connectivity index (χ4v) is 4.24. The van der Waals surface area contributed by atoms with Crippen molar-refractivity contribution in [1.82, 2.24) is 10.2 Å². The Balaban J connectivity index is 1.37. The molecule has 5 heteroatoms. The minimum absolute atomic E-state index is 0.0728. The van der Waals surface area contributed by atoms with Crippen molar-refractivity contribution in [1.29, 1.82) is 0 Å². The Labute approximate surface area is 188 Å². The van der Waals surface area contributed by atoms with E-state index in [9.17, 15) is 4.79 Å². The number of piperidine rings is 1. The average molecular weight is 471 g/mol. The molecule has 1 fully saturated rings. The number of halogens is 1. The first kappa shape index (κ1) is 22.6. The third-order valence-corrected chi connectivity index (χ3v) is 5.98. The fourth-order valence-electron chi connectivity index (χ4n) is 3.86. The summed E-state index contributed by atoms with van der Waals surface area (Å²) in [5.41, 5.74) is 2.33. The van der Waals surface area contributed by atoms with Crippen molar-refractivity contribution < 1.29 is 9.53 Å². The molecule has 1 aliphatic rings. The molecule has 0 bridgehead atoms. The lowest BCUT2D eigenvalue weighted by Crippen LogP contribution is -2.39. The van der Waals surface area contributed by atoms with Crippen molar-refractivity contribution >= 4 is 27.9 Å². The fraction of sp³-hybridized carbons (Fsp3) is 0.400. The van der Waals surface area contributed by atoms with Gasteiger partial charge in [0.25, 0.3) is 0 Å². The maximum absolute atomic E-state index is 12.2. The Morgan fingerprint density at radius 3 is 2.70 bits per heavy atom. The lowest BCUT2D eigenvalue weighted by Gasteiger charge is -2.32. The summed E-state index contributed by atoms with van der Waals surface area (Å²) >= 11 is 3.47.